The number of rotatable bonds is 5. The van der Waals surface area contributed by atoms with Gasteiger partial charge in [-0.25, -0.2) is 4.98 Å². The van der Waals surface area contributed by atoms with E-state index in [0.717, 1.165) is 5.56 Å². The Kier molecular flexibility index (Phi) is 4.24. The SMILES string of the molecule is COc1cc(-c2n[nH]c(-c3cccc(O)c3)n2)cc(OC)c1OC. The van der Waals surface area contributed by atoms with Gasteiger partial charge in [0.2, 0.25) is 5.75 Å². The van der Waals surface area contributed by atoms with Crippen molar-refractivity contribution < 1.29 is 19.3 Å². The van der Waals surface area contributed by atoms with Crippen molar-refractivity contribution in [1.82, 2.24) is 15.2 Å². The molecular weight excluding hydrogens is 310 g/mol. The monoisotopic (exact) mass is 327 g/mol. The second kappa shape index (κ2) is 6.49. The second-order valence-corrected chi connectivity index (χ2v) is 4.97. The zero-order valence-corrected chi connectivity index (χ0v) is 13.5. The standard InChI is InChI=1S/C17H17N3O4/c1-22-13-8-11(9-14(23-2)15(13)24-3)17-18-16(19-20-17)10-5-4-6-12(21)7-10/h4-9,21H,1-3H3,(H,18,19,20). The number of phenolic OH excluding ortho intramolecular Hbond substituents is 1. The summed E-state index contributed by atoms with van der Waals surface area (Å²) in [6, 6.07) is 10.3. The maximum absolute atomic E-state index is 9.58. The van der Waals surface area contributed by atoms with Gasteiger partial charge in [-0.1, -0.05) is 12.1 Å². The fourth-order valence-corrected chi connectivity index (χ4v) is 2.38. The number of aromatic nitrogens is 3. The number of nitrogens with zero attached hydrogens (tertiary/aromatic N) is 2. The molecular formula is C17H17N3O4. The molecule has 124 valence electrons. The first-order valence-electron chi connectivity index (χ1n) is 7.18. The molecule has 0 fully saturated rings. The van der Waals surface area contributed by atoms with Crippen molar-refractivity contribution in [1.29, 1.82) is 0 Å². The van der Waals surface area contributed by atoms with E-state index in [1.165, 1.54) is 0 Å². The molecule has 0 spiro atoms. The Morgan fingerprint density at radius 1 is 0.917 bits per heavy atom. The first-order valence-corrected chi connectivity index (χ1v) is 7.18. The normalized spacial score (nSPS) is 10.5. The minimum Gasteiger partial charge on any atom is -0.508 e. The Balaban J connectivity index is 2.04. The van der Waals surface area contributed by atoms with Gasteiger partial charge in [0.05, 0.1) is 21.3 Å². The highest BCUT2D eigenvalue weighted by molar-refractivity contribution is 5.68. The van der Waals surface area contributed by atoms with Crippen LogP contribution in [0.1, 0.15) is 0 Å². The molecule has 3 rings (SSSR count). The maximum atomic E-state index is 9.58. The Labute approximate surface area is 138 Å². The molecule has 0 aliphatic heterocycles. The van der Waals surface area contributed by atoms with Crippen LogP contribution >= 0.6 is 0 Å². The van der Waals surface area contributed by atoms with E-state index in [9.17, 15) is 5.11 Å². The van der Waals surface area contributed by atoms with Crippen LogP contribution in [0.3, 0.4) is 0 Å². The number of nitrogens with one attached hydrogen (secondary N) is 1. The molecule has 0 radical (unpaired) electrons. The Hall–Kier alpha value is -3.22. The number of H-pyrrole nitrogens is 1. The van der Waals surface area contributed by atoms with Gasteiger partial charge in [-0.3, -0.25) is 5.10 Å². The Bertz CT molecular complexity index is 836. The summed E-state index contributed by atoms with van der Waals surface area (Å²) in [6.45, 7) is 0. The number of hydrogen-bond acceptors (Lipinski definition) is 6. The zero-order valence-electron chi connectivity index (χ0n) is 13.5. The lowest BCUT2D eigenvalue weighted by Gasteiger charge is -2.12. The van der Waals surface area contributed by atoms with Crippen LogP contribution < -0.4 is 14.2 Å². The minimum absolute atomic E-state index is 0.165. The molecule has 3 aromatic rings. The molecule has 1 heterocycles. The summed E-state index contributed by atoms with van der Waals surface area (Å²) in [4.78, 5) is 4.47. The van der Waals surface area contributed by atoms with E-state index in [4.69, 9.17) is 14.2 Å². The van der Waals surface area contributed by atoms with Gasteiger partial charge in [0.15, 0.2) is 23.1 Å². The summed E-state index contributed by atoms with van der Waals surface area (Å²) >= 11 is 0. The van der Waals surface area contributed by atoms with Crippen molar-refractivity contribution in [3.05, 3.63) is 36.4 Å². The lowest BCUT2D eigenvalue weighted by molar-refractivity contribution is 0.324. The predicted octanol–water partition coefficient (Wildman–Crippen LogP) is 2.87. The molecule has 0 aliphatic carbocycles. The number of benzene rings is 2. The number of aromatic amines is 1. The average Bonchev–Trinajstić information content (AvgIpc) is 3.10. The van der Waals surface area contributed by atoms with Crippen molar-refractivity contribution >= 4 is 0 Å². The van der Waals surface area contributed by atoms with Crippen LogP contribution in [0.15, 0.2) is 36.4 Å². The third-order valence-corrected chi connectivity index (χ3v) is 3.53. The van der Waals surface area contributed by atoms with E-state index in [1.54, 1.807) is 51.7 Å². The van der Waals surface area contributed by atoms with Crippen LogP contribution in [0.25, 0.3) is 22.8 Å². The molecule has 7 heteroatoms. The van der Waals surface area contributed by atoms with Crippen LogP contribution in [0.2, 0.25) is 0 Å². The molecule has 0 bridgehead atoms. The van der Waals surface area contributed by atoms with Crippen LogP contribution in [0.5, 0.6) is 23.0 Å². The smallest absolute Gasteiger partial charge is 0.203 e. The van der Waals surface area contributed by atoms with Gasteiger partial charge in [0, 0.05) is 11.1 Å². The average molecular weight is 327 g/mol. The molecule has 0 aliphatic rings. The third-order valence-electron chi connectivity index (χ3n) is 3.53. The zero-order chi connectivity index (χ0) is 17.1. The van der Waals surface area contributed by atoms with Gasteiger partial charge >= 0.3 is 0 Å². The van der Waals surface area contributed by atoms with E-state index in [0.29, 0.717) is 34.5 Å². The highest BCUT2D eigenvalue weighted by Crippen LogP contribution is 2.40. The van der Waals surface area contributed by atoms with Crippen molar-refractivity contribution in [2.24, 2.45) is 0 Å². The topological polar surface area (TPSA) is 89.5 Å². The molecule has 0 unspecified atom stereocenters. The number of ether oxygens (including phenoxy) is 3. The van der Waals surface area contributed by atoms with Gasteiger partial charge in [-0.2, -0.15) is 5.10 Å². The summed E-state index contributed by atoms with van der Waals surface area (Å²) in [5.74, 6) is 2.75. The van der Waals surface area contributed by atoms with Gasteiger partial charge in [-0.15, -0.1) is 0 Å². The third kappa shape index (κ3) is 2.83. The largest absolute Gasteiger partial charge is 0.508 e. The first-order chi connectivity index (χ1) is 11.7. The van der Waals surface area contributed by atoms with Gasteiger partial charge < -0.3 is 19.3 Å². The molecule has 2 N–H and O–H groups in total. The number of hydrogen-bond donors (Lipinski definition) is 2. The second-order valence-electron chi connectivity index (χ2n) is 4.97. The number of phenols is 1. The lowest BCUT2D eigenvalue weighted by Crippen LogP contribution is -1.96. The van der Waals surface area contributed by atoms with E-state index >= 15 is 0 Å². The van der Waals surface area contributed by atoms with Gasteiger partial charge in [-0.05, 0) is 24.3 Å². The van der Waals surface area contributed by atoms with Crippen LogP contribution in [0.4, 0.5) is 0 Å². The molecule has 2 aromatic carbocycles. The van der Waals surface area contributed by atoms with Crippen molar-refractivity contribution in [2.75, 3.05) is 21.3 Å². The molecule has 0 saturated carbocycles. The quantitative estimate of drug-likeness (QED) is 0.749. The van der Waals surface area contributed by atoms with E-state index in [2.05, 4.69) is 15.2 Å². The molecule has 0 atom stereocenters. The van der Waals surface area contributed by atoms with Crippen LogP contribution in [0, 0.1) is 0 Å². The highest BCUT2D eigenvalue weighted by atomic mass is 16.5. The number of aromatic hydroxyl groups is 1. The molecule has 1 aromatic heterocycles. The first kappa shape index (κ1) is 15.7. The summed E-state index contributed by atoms with van der Waals surface area (Å²) in [6.07, 6.45) is 0. The van der Waals surface area contributed by atoms with Gasteiger partial charge in [0.1, 0.15) is 5.75 Å². The van der Waals surface area contributed by atoms with Crippen LogP contribution in [-0.2, 0) is 0 Å². The van der Waals surface area contributed by atoms with E-state index < -0.39 is 0 Å². The summed E-state index contributed by atoms with van der Waals surface area (Å²) < 4.78 is 16.0. The summed E-state index contributed by atoms with van der Waals surface area (Å²) in [7, 11) is 4.65. The van der Waals surface area contributed by atoms with Crippen molar-refractivity contribution in [2.45, 2.75) is 0 Å². The molecule has 7 nitrogen and oxygen atoms in total. The summed E-state index contributed by atoms with van der Waals surface area (Å²) in [5.41, 5.74) is 1.45. The van der Waals surface area contributed by atoms with Crippen molar-refractivity contribution in [3.8, 4) is 45.8 Å². The molecule has 0 saturated heterocycles. The van der Waals surface area contributed by atoms with Crippen molar-refractivity contribution in [3.63, 3.8) is 0 Å². The van der Waals surface area contributed by atoms with E-state index in [-0.39, 0.29) is 5.75 Å². The fourth-order valence-electron chi connectivity index (χ4n) is 2.38. The Morgan fingerprint density at radius 2 is 1.62 bits per heavy atom. The number of methoxy groups -OCH3 is 3. The minimum atomic E-state index is 0.165. The predicted molar refractivity (Wildman–Crippen MR) is 88.6 cm³/mol. The highest BCUT2D eigenvalue weighted by Gasteiger charge is 2.16. The summed E-state index contributed by atoms with van der Waals surface area (Å²) in [5, 5.41) is 16.7. The maximum Gasteiger partial charge on any atom is 0.203 e. The Morgan fingerprint density at radius 3 is 2.21 bits per heavy atom. The molecule has 0 amide bonds. The van der Waals surface area contributed by atoms with Gasteiger partial charge in [0.25, 0.3) is 0 Å². The van der Waals surface area contributed by atoms with E-state index in [1.807, 2.05) is 6.07 Å². The molecule has 24 heavy (non-hydrogen) atoms. The lowest BCUT2D eigenvalue weighted by atomic mass is 10.1. The fraction of sp³-hybridized carbons (Fsp3) is 0.176. The van der Waals surface area contributed by atoms with Crippen LogP contribution in [-0.4, -0.2) is 41.6 Å².